The minimum absolute atomic E-state index is 0.646. The van der Waals surface area contributed by atoms with Gasteiger partial charge in [-0.2, -0.15) is 5.10 Å². The van der Waals surface area contributed by atoms with Crippen molar-refractivity contribution in [1.29, 1.82) is 0 Å². The van der Waals surface area contributed by atoms with Crippen LogP contribution in [0.25, 0.3) is 0 Å². The molecule has 0 aliphatic carbocycles. The van der Waals surface area contributed by atoms with E-state index in [0.717, 1.165) is 32.0 Å². The van der Waals surface area contributed by atoms with Gasteiger partial charge in [-0.3, -0.25) is 14.6 Å². The van der Waals surface area contributed by atoms with Gasteiger partial charge in [-0.15, -0.1) is 0 Å². The Morgan fingerprint density at radius 3 is 2.92 bits per heavy atom. The van der Waals surface area contributed by atoms with Gasteiger partial charge in [0.2, 0.25) is 0 Å². The zero-order valence-corrected chi connectivity index (χ0v) is 15.4. The maximum atomic E-state index is 4.35. The first-order chi connectivity index (χ1) is 11.8. The summed E-state index contributed by atoms with van der Waals surface area (Å²) in [5.41, 5.74) is 0. The molecule has 6 nitrogen and oxygen atoms in total. The normalized spacial score (nSPS) is 19.4. The first-order valence-electron chi connectivity index (χ1n) is 9.49. The van der Waals surface area contributed by atoms with Crippen LogP contribution in [0.5, 0.6) is 0 Å². The summed E-state index contributed by atoms with van der Waals surface area (Å²) in [6, 6.07) is 2.61. The van der Waals surface area contributed by atoms with Crippen molar-refractivity contribution in [2.24, 2.45) is 4.99 Å². The zero-order valence-electron chi connectivity index (χ0n) is 15.4. The highest BCUT2D eigenvalue weighted by molar-refractivity contribution is 5.79. The molecule has 0 aromatic carbocycles. The van der Waals surface area contributed by atoms with Crippen molar-refractivity contribution in [3.8, 4) is 0 Å². The third-order valence-electron chi connectivity index (χ3n) is 4.69. The van der Waals surface area contributed by atoms with Crippen LogP contribution in [-0.4, -0.2) is 59.9 Å². The Labute approximate surface area is 146 Å². The number of likely N-dealkylation sites (tertiary alicyclic amines) is 1. The number of aliphatic imine (C=N–C) groups is 1. The topological polar surface area (TPSA) is 57.5 Å². The number of rotatable bonds is 9. The minimum Gasteiger partial charge on any atom is -0.356 e. The molecule has 0 bridgehead atoms. The Hall–Kier alpha value is -1.56. The van der Waals surface area contributed by atoms with Crippen molar-refractivity contribution in [2.75, 3.05) is 33.2 Å². The fraction of sp³-hybridized carbons (Fsp3) is 0.778. The highest BCUT2D eigenvalue weighted by Crippen LogP contribution is 2.16. The molecule has 0 spiro atoms. The second-order valence-corrected chi connectivity index (χ2v) is 6.54. The lowest BCUT2D eigenvalue weighted by atomic mass is 10.0. The molecule has 1 aromatic rings. The molecule has 1 unspecified atom stereocenters. The van der Waals surface area contributed by atoms with Crippen molar-refractivity contribution in [1.82, 2.24) is 25.3 Å². The average Bonchev–Trinajstić information content (AvgIpc) is 3.13. The van der Waals surface area contributed by atoms with Crippen LogP contribution in [0.4, 0.5) is 0 Å². The van der Waals surface area contributed by atoms with Crippen molar-refractivity contribution < 1.29 is 0 Å². The molecule has 2 rings (SSSR count). The lowest BCUT2D eigenvalue weighted by Gasteiger charge is -2.36. The van der Waals surface area contributed by atoms with Gasteiger partial charge in [0.15, 0.2) is 5.96 Å². The van der Waals surface area contributed by atoms with Gasteiger partial charge in [0.25, 0.3) is 0 Å². The van der Waals surface area contributed by atoms with Gasteiger partial charge in [0, 0.05) is 45.1 Å². The summed E-state index contributed by atoms with van der Waals surface area (Å²) in [5.74, 6) is 0.913. The maximum absolute atomic E-state index is 4.35. The molecule has 24 heavy (non-hydrogen) atoms. The van der Waals surface area contributed by atoms with Crippen LogP contribution in [0.2, 0.25) is 0 Å². The molecule has 1 aliphatic rings. The number of piperidine rings is 1. The number of aromatic nitrogens is 2. The largest absolute Gasteiger partial charge is 0.356 e. The smallest absolute Gasteiger partial charge is 0.191 e. The number of guanidine groups is 1. The van der Waals surface area contributed by atoms with Crippen LogP contribution in [0, 0.1) is 0 Å². The van der Waals surface area contributed by atoms with Gasteiger partial charge in [-0.05, 0) is 44.8 Å². The van der Waals surface area contributed by atoms with Crippen molar-refractivity contribution in [2.45, 2.75) is 58.0 Å². The SMILES string of the molecule is CCCCN1CCCCC1CNC(=NC)NCCCn1cccn1. The fourth-order valence-corrected chi connectivity index (χ4v) is 3.26. The third kappa shape index (κ3) is 6.51. The van der Waals surface area contributed by atoms with Crippen LogP contribution < -0.4 is 10.6 Å². The number of nitrogens with zero attached hydrogens (tertiary/aromatic N) is 4. The number of nitrogens with one attached hydrogen (secondary N) is 2. The summed E-state index contributed by atoms with van der Waals surface area (Å²) in [7, 11) is 1.85. The van der Waals surface area contributed by atoms with Crippen LogP contribution in [0.1, 0.15) is 45.4 Å². The number of aryl methyl sites for hydroxylation is 1. The summed E-state index contributed by atoms with van der Waals surface area (Å²) in [5, 5.41) is 11.1. The summed E-state index contributed by atoms with van der Waals surface area (Å²) in [6.07, 6.45) is 11.4. The quantitative estimate of drug-likeness (QED) is 0.412. The Bertz CT molecular complexity index is 456. The lowest BCUT2D eigenvalue weighted by molar-refractivity contribution is 0.147. The van der Waals surface area contributed by atoms with Crippen LogP contribution >= 0.6 is 0 Å². The zero-order chi connectivity index (χ0) is 17.0. The van der Waals surface area contributed by atoms with Crippen molar-refractivity contribution in [3.63, 3.8) is 0 Å². The highest BCUT2D eigenvalue weighted by atomic mass is 15.3. The van der Waals surface area contributed by atoms with Gasteiger partial charge in [0.1, 0.15) is 0 Å². The second kappa shape index (κ2) is 11.1. The molecular weight excluding hydrogens is 300 g/mol. The Morgan fingerprint density at radius 1 is 1.25 bits per heavy atom. The van der Waals surface area contributed by atoms with E-state index in [1.807, 2.05) is 30.2 Å². The average molecular weight is 335 g/mol. The molecule has 2 heterocycles. The van der Waals surface area contributed by atoms with Crippen LogP contribution in [-0.2, 0) is 6.54 Å². The molecule has 1 aromatic heterocycles. The van der Waals surface area contributed by atoms with Gasteiger partial charge < -0.3 is 10.6 Å². The molecular formula is C18H34N6. The van der Waals surface area contributed by atoms with E-state index in [9.17, 15) is 0 Å². The molecule has 1 atom stereocenters. The fourth-order valence-electron chi connectivity index (χ4n) is 3.26. The van der Waals surface area contributed by atoms with E-state index in [2.05, 4.69) is 32.5 Å². The Morgan fingerprint density at radius 2 is 2.17 bits per heavy atom. The molecule has 1 aliphatic heterocycles. The van der Waals surface area contributed by atoms with Crippen molar-refractivity contribution in [3.05, 3.63) is 18.5 Å². The van der Waals surface area contributed by atoms with E-state index in [4.69, 9.17) is 0 Å². The standard InChI is InChI=1S/C18H34N6/c1-3-4-12-23-13-6-5-9-17(23)16-21-18(19-2)20-10-7-14-24-15-8-11-22-24/h8,11,15,17H,3-7,9-10,12-14,16H2,1-2H3,(H2,19,20,21). The minimum atomic E-state index is 0.646. The summed E-state index contributed by atoms with van der Waals surface area (Å²) >= 11 is 0. The molecule has 6 heteroatoms. The summed E-state index contributed by atoms with van der Waals surface area (Å²) in [4.78, 5) is 7.01. The third-order valence-corrected chi connectivity index (χ3v) is 4.69. The van der Waals surface area contributed by atoms with Crippen molar-refractivity contribution >= 4 is 5.96 Å². The molecule has 136 valence electrons. The van der Waals surface area contributed by atoms with Crippen LogP contribution in [0.3, 0.4) is 0 Å². The monoisotopic (exact) mass is 334 g/mol. The van der Waals surface area contributed by atoms with Crippen LogP contribution in [0.15, 0.2) is 23.5 Å². The highest BCUT2D eigenvalue weighted by Gasteiger charge is 2.21. The summed E-state index contributed by atoms with van der Waals surface area (Å²) in [6.45, 7) is 7.59. The second-order valence-electron chi connectivity index (χ2n) is 6.54. The summed E-state index contributed by atoms with van der Waals surface area (Å²) < 4.78 is 1.96. The first kappa shape index (κ1) is 18.8. The van der Waals surface area contributed by atoms with E-state index in [1.54, 1.807) is 0 Å². The van der Waals surface area contributed by atoms with Gasteiger partial charge in [-0.1, -0.05) is 19.8 Å². The molecule has 1 saturated heterocycles. The first-order valence-corrected chi connectivity index (χ1v) is 9.49. The van der Waals surface area contributed by atoms with Gasteiger partial charge in [-0.25, -0.2) is 0 Å². The molecule has 0 saturated carbocycles. The Balaban J connectivity index is 1.65. The van der Waals surface area contributed by atoms with Gasteiger partial charge in [0.05, 0.1) is 0 Å². The van der Waals surface area contributed by atoms with E-state index in [0.29, 0.717) is 6.04 Å². The predicted molar refractivity (Wildman–Crippen MR) is 100 cm³/mol. The molecule has 1 fully saturated rings. The van der Waals surface area contributed by atoms with E-state index in [-0.39, 0.29) is 0 Å². The van der Waals surface area contributed by atoms with E-state index >= 15 is 0 Å². The number of hydrogen-bond donors (Lipinski definition) is 2. The van der Waals surface area contributed by atoms with E-state index in [1.165, 1.54) is 45.2 Å². The predicted octanol–water partition coefficient (Wildman–Crippen LogP) is 2.09. The lowest BCUT2D eigenvalue weighted by Crippen LogP contribution is -2.49. The van der Waals surface area contributed by atoms with E-state index < -0.39 is 0 Å². The van der Waals surface area contributed by atoms with Gasteiger partial charge >= 0.3 is 0 Å². The number of hydrogen-bond acceptors (Lipinski definition) is 3. The molecule has 0 radical (unpaired) electrons. The number of unbranched alkanes of at least 4 members (excludes halogenated alkanes) is 1. The Kier molecular flexibility index (Phi) is 8.66. The molecule has 2 N–H and O–H groups in total. The maximum Gasteiger partial charge on any atom is 0.191 e. The molecule has 0 amide bonds.